The van der Waals surface area contributed by atoms with Gasteiger partial charge in [-0.25, -0.2) is 14.8 Å². The lowest BCUT2D eigenvalue weighted by molar-refractivity contribution is 0.0809. The minimum Gasteiger partial charge on any atom is -0.491 e. The number of carbonyl (C=O) groups is 1. The van der Waals surface area contributed by atoms with Gasteiger partial charge >= 0.3 is 6.09 Å². The van der Waals surface area contributed by atoms with Gasteiger partial charge in [-0.15, -0.1) is 0 Å². The molecule has 1 aliphatic heterocycles. The summed E-state index contributed by atoms with van der Waals surface area (Å²) in [6.45, 7) is 15.9. The Morgan fingerprint density at radius 3 is 2.57 bits per heavy atom. The van der Waals surface area contributed by atoms with Crippen LogP contribution in [0.4, 0.5) is 10.6 Å². The average molecular weight is 700 g/mol. The second-order valence-electron chi connectivity index (χ2n) is 13.1. The maximum Gasteiger partial charge on any atom is 0.404 e. The molecular weight excluding hydrogens is 659 g/mol. The fourth-order valence-corrected chi connectivity index (χ4v) is 6.99. The van der Waals surface area contributed by atoms with E-state index in [0.29, 0.717) is 75.2 Å². The third-order valence-electron chi connectivity index (χ3n) is 8.66. The van der Waals surface area contributed by atoms with Crippen molar-refractivity contribution in [1.82, 2.24) is 20.1 Å². The number of halogens is 2. The van der Waals surface area contributed by atoms with Gasteiger partial charge < -0.3 is 29.1 Å². The van der Waals surface area contributed by atoms with E-state index >= 15 is 0 Å². The van der Waals surface area contributed by atoms with Crippen molar-refractivity contribution >= 4 is 43.4 Å². The first kappa shape index (κ1) is 34.6. The molecule has 1 aromatic carbocycles. The molecule has 47 heavy (non-hydrogen) atoms. The van der Waals surface area contributed by atoms with Gasteiger partial charge in [-0.2, -0.15) is 0 Å². The van der Waals surface area contributed by atoms with Crippen molar-refractivity contribution in [2.24, 2.45) is 5.73 Å². The molecule has 3 aromatic heterocycles. The molecule has 4 aromatic rings. The highest BCUT2D eigenvalue weighted by molar-refractivity contribution is 6.74. The number of pyridine rings is 1. The van der Waals surface area contributed by atoms with Crippen LogP contribution in [0.1, 0.15) is 49.9 Å². The Balaban J connectivity index is 1.49. The van der Waals surface area contributed by atoms with Crippen LogP contribution < -0.4 is 15.4 Å². The minimum absolute atomic E-state index is 0.0292. The Morgan fingerprint density at radius 2 is 1.91 bits per heavy atom. The topological polar surface area (TPSA) is 139 Å². The van der Waals surface area contributed by atoms with E-state index in [-0.39, 0.29) is 24.4 Å². The van der Waals surface area contributed by atoms with Gasteiger partial charge in [-0.1, -0.05) is 55.2 Å². The number of nitrogens with zero attached hydrogens (tertiary/aromatic N) is 5. The molecule has 0 saturated heterocycles. The number of anilines is 1. The van der Waals surface area contributed by atoms with E-state index in [0.717, 1.165) is 11.3 Å². The van der Waals surface area contributed by atoms with Crippen LogP contribution in [0.3, 0.4) is 0 Å². The summed E-state index contributed by atoms with van der Waals surface area (Å²) in [6.07, 6.45) is 1.03. The molecule has 1 aliphatic rings. The van der Waals surface area contributed by atoms with Crippen LogP contribution in [0.2, 0.25) is 28.2 Å². The third kappa shape index (κ3) is 7.72. The largest absolute Gasteiger partial charge is 0.491 e. The first-order chi connectivity index (χ1) is 22.1. The fraction of sp³-hybridized carbons (Fsp3) is 0.424. The monoisotopic (exact) mass is 698 g/mol. The average Bonchev–Trinajstić information content (AvgIpc) is 3.58. The zero-order valence-electron chi connectivity index (χ0n) is 27.7. The van der Waals surface area contributed by atoms with Gasteiger partial charge in [0.1, 0.15) is 28.8 Å². The van der Waals surface area contributed by atoms with E-state index in [1.165, 1.54) is 0 Å². The molecule has 250 valence electrons. The lowest BCUT2D eigenvalue weighted by atomic mass is 10.1. The number of aromatic nitrogens is 4. The molecule has 1 atom stereocenters. The zero-order chi connectivity index (χ0) is 34.1. The highest BCUT2D eigenvalue weighted by atomic mass is 35.5. The van der Waals surface area contributed by atoms with Crippen molar-refractivity contribution in [2.75, 3.05) is 18.1 Å². The van der Waals surface area contributed by atoms with Crippen molar-refractivity contribution in [3.05, 3.63) is 69.3 Å². The van der Waals surface area contributed by atoms with Crippen LogP contribution in [-0.2, 0) is 22.3 Å². The highest BCUT2D eigenvalue weighted by Crippen LogP contribution is 2.42. The van der Waals surface area contributed by atoms with Crippen LogP contribution in [0.25, 0.3) is 22.6 Å². The second-order valence-corrected chi connectivity index (χ2v) is 18.6. The van der Waals surface area contributed by atoms with Crippen LogP contribution in [-0.4, -0.2) is 53.8 Å². The van der Waals surface area contributed by atoms with Crippen LogP contribution in [0.15, 0.2) is 41.1 Å². The molecular formula is C33H40Cl2N6O5Si. The second kappa shape index (κ2) is 13.8. The number of hydrogen-bond donors (Lipinski definition) is 1. The first-order valence-corrected chi connectivity index (χ1v) is 19.0. The molecule has 0 bridgehead atoms. The number of benzene rings is 1. The fourth-order valence-electron chi connectivity index (χ4n) is 5.12. The molecule has 14 heteroatoms. The lowest BCUT2D eigenvalue weighted by Gasteiger charge is -2.39. The molecule has 5 rings (SSSR count). The molecule has 1 amide bonds. The van der Waals surface area contributed by atoms with E-state index in [9.17, 15) is 4.79 Å². The lowest BCUT2D eigenvalue weighted by Crippen LogP contribution is -2.45. The van der Waals surface area contributed by atoms with Gasteiger partial charge in [0.15, 0.2) is 20.0 Å². The number of hydrogen-bond acceptors (Lipinski definition) is 10. The van der Waals surface area contributed by atoms with Crippen LogP contribution in [0.5, 0.6) is 5.75 Å². The molecule has 0 unspecified atom stereocenters. The Morgan fingerprint density at radius 1 is 1.15 bits per heavy atom. The van der Waals surface area contributed by atoms with E-state index in [1.54, 1.807) is 24.4 Å². The summed E-state index contributed by atoms with van der Waals surface area (Å²) in [5, 5.41) is 4.92. The van der Waals surface area contributed by atoms with E-state index in [2.05, 4.69) is 48.9 Å². The standard InChI is InChI=1S/C33H40Cl2N6O5Si/c1-19-27(20(2)45-40-19)29-28(35)31(41-16-21-9-8-13-37-26(21)17-41)39-30(38-29)24-15-22(10-11-25(24)34)44-18-23(12-14-43-32(36)42)46-47(6,7)33(3,4)5/h8-11,13,15,23H,12,14,16-18H2,1-7H3,(H2,36,42)/t23-/m1/s1. The Hall–Kier alpha value is -3.71. The number of aryl methyl sites for hydroxylation is 2. The summed E-state index contributed by atoms with van der Waals surface area (Å²) in [5.41, 5.74) is 9.67. The van der Waals surface area contributed by atoms with Gasteiger partial charge in [0, 0.05) is 24.7 Å². The maximum absolute atomic E-state index is 11.2. The number of carbonyl (C=O) groups excluding carboxylic acids is 1. The number of nitrogens with two attached hydrogens (primary N) is 1. The minimum atomic E-state index is -2.17. The molecule has 0 fully saturated rings. The number of primary amides is 1. The van der Waals surface area contributed by atoms with Crippen LogP contribution >= 0.6 is 23.2 Å². The Labute approximate surface area is 285 Å². The maximum atomic E-state index is 11.2. The predicted molar refractivity (Wildman–Crippen MR) is 184 cm³/mol. The Kier molecular flexibility index (Phi) is 10.2. The van der Waals surface area contributed by atoms with Crippen molar-refractivity contribution < 1.29 is 23.2 Å². The molecule has 4 heterocycles. The summed E-state index contributed by atoms with van der Waals surface area (Å²) < 4.78 is 23.4. The smallest absolute Gasteiger partial charge is 0.404 e. The normalized spacial score (nSPS) is 13.9. The molecule has 0 aliphatic carbocycles. The summed E-state index contributed by atoms with van der Waals surface area (Å²) in [7, 11) is -2.17. The third-order valence-corrected chi connectivity index (χ3v) is 13.9. The van der Waals surface area contributed by atoms with Gasteiger partial charge in [0.2, 0.25) is 0 Å². The molecule has 2 N–H and O–H groups in total. The molecule has 0 saturated carbocycles. The Bertz CT molecular complexity index is 1730. The summed E-state index contributed by atoms with van der Waals surface area (Å²) in [4.78, 5) is 27.7. The van der Waals surface area contributed by atoms with Crippen LogP contribution in [0, 0.1) is 13.8 Å². The highest BCUT2D eigenvalue weighted by Gasteiger charge is 2.39. The SMILES string of the molecule is Cc1noc(C)c1-c1nc(-c2cc(OC[C@@H](CCOC(N)=O)O[Si](C)(C)C(C)(C)C)ccc2Cl)nc(N2Cc3cccnc3C2)c1Cl. The van der Waals surface area contributed by atoms with Crippen molar-refractivity contribution in [3.63, 3.8) is 0 Å². The number of fused-ring (bicyclic) bond motifs is 1. The van der Waals surface area contributed by atoms with Gasteiger partial charge in [0.25, 0.3) is 0 Å². The molecule has 0 spiro atoms. The number of amides is 1. The van der Waals surface area contributed by atoms with E-state index in [1.807, 2.05) is 26.0 Å². The van der Waals surface area contributed by atoms with Gasteiger partial charge in [0.05, 0.1) is 41.2 Å². The number of ether oxygens (including phenoxy) is 2. The summed E-state index contributed by atoms with van der Waals surface area (Å²) in [5.74, 6) is 2.04. The number of rotatable bonds is 11. The predicted octanol–water partition coefficient (Wildman–Crippen LogP) is 7.89. The van der Waals surface area contributed by atoms with Crippen molar-refractivity contribution in [2.45, 2.75) is 78.4 Å². The quantitative estimate of drug-likeness (QED) is 0.154. The first-order valence-electron chi connectivity index (χ1n) is 15.4. The van der Waals surface area contributed by atoms with Gasteiger partial charge in [-0.05, 0) is 61.8 Å². The molecule has 0 radical (unpaired) electrons. The van der Waals surface area contributed by atoms with Crippen molar-refractivity contribution in [3.8, 4) is 28.4 Å². The van der Waals surface area contributed by atoms with E-state index in [4.69, 9.17) is 57.3 Å². The van der Waals surface area contributed by atoms with Gasteiger partial charge in [-0.3, -0.25) is 4.98 Å². The van der Waals surface area contributed by atoms with E-state index < -0.39 is 14.4 Å². The van der Waals surface area contributed by atoms with Crippen molar-refractivity contribution in [1.29, 1.82) is 0 Å². The summed E-state index contributed by atoms with van der Waals surface area (Å²) >= 11 is 13.9. The summed E-state index contributed by atoms with van der Waals surface area (Å²) in [6, 6.07) is 9.30. The molecule has 11 nitrogen and oxygen atoms in total. The zero-order valence-corrected chi connectivity index (χ0v) is 30.2.